The maximum atomic E-state index is 10.6. The van der Waals surface area contributed by atoms with Gasteiger partial charge < -0.3 is 15.5 Å². The normalized spacial score (nSPS) is 29.7. The highest BCUT2D eigenvalue weighted by molar-refractivity contribution is 5.82. The molecule has 3 N–H and O–H groups in total. The topological polar surface area (TPSA) is 86.6 Å². The van der Waals surface area contributed by atoms with Gasteiger partial charge >= 0.3 is 11.9 Å². The predicted molar refractivity (Wildman–Crippen MR) is 39.8 cm³/mol. The third-order valence-corrected chi connectivity index (χ3v) is 2.04. The number of carboxylic acids is 2. The van der Waals surface area contributed by atoms with Crippen LogP contribution in [0.25, 0.3) is 0 Å². The predicted octanol–water partition coefficient (Wildman–Crippen LogP) is -0.476. The van der Waals surface area contributed by atoms with E-state index in [0.717, 1.165) is 6.42 Å². The van der Waals surface area contributed by atoms with Gasteiger partial charge in [-0.25, -0.2) is 0 Å². The summed E-state index contributed by atoms with van der Waals surface area (Å²) in [5.41, 5.74) is 0. The summed E-state index contributed by atoms with van der Waals surface area (Å²) in [4.78, 5) is 21.1. The van der Waals surface area contributed by atoms with Crippen molar-refractivity contribution in [1.82, 2.24) is 5.32 Å². The molecule has 5 nitrogen and oxygen atoms in total. The molecule has 0 spiro atoms. The third-order valence-electron chi connectivity index (χ3n) is 2.04. The van der Waals surface area contributed by atoms with Gasteiger partial charge in [0.1, 0.15) is 6.04 Å². The van der Waals surface area contributed by atoms with E-state index in [1.54, 1.807) is 0 Å². The fourth-order valence-corrected chi connectivity index (χ4v) is 1.41. The zero-order chi connectivity index (χ0) is 9.14. The Balaban J connectivity index is 2.67. The van der Waals surface area contributed by atoms with Crippen LogP contribution in [-0.4, -0.2) is 34.7 Å². The summed E-state index contributed by atoms with van der Waals surface area (Å²) in [5, 5.41) is 20.0. The van der Waals surface area contributed by atoms with E-state index < -0.39 is 23.9 Å². The van der Waals surface area contributed by atoms with Gasteiger partial charge in [0.25, 0.3) is 0 Å². The molecule has 2 atom stereocenters. The molecule has 1 aliphatic rings. The second kappa shape index (κ2) is 3.53. The van der Waals surface area contributed by atoms with Crippen LogP contribution in [0.5, 0.6) is 0 Å². The SMILES string of the molecule is O=C(O)[C@H]1CCCN[C@H]1C(=O)O. The molecule has 0 aromatic rings. The Morgan fingerprint density at radius 3 is 2.33 bits per heavy atom. The molecule has 1 heterocycles. The molecule has 1 aliphatic heterocycles. The smallest absolute Gasteiger partial charge is 0.321 e. The second-order valence-corrected chi connectivity index (χ2v) is 2.86. The van der Waals surface area contributed by atoms with Gasteiger partial charge in [-0.1, -0.05) is 0 Å². The van der Waals surface area contributed by atoms with E-state index >= 15 is 0 Å². The van der Waals surface area contributed by atoms with Crippen LogP contribution in [0, 0.1) is 5.92 Å². The van der Waals surface area contributed by atoms with Crippen LogP contribution >= 0.6 is 0 Å². The summed E-state index contributed by atoms with van der Waals surface area (Å²) in [5.74, 6) is -2.90. The molecule has 0 amide bonds. The Hall–Kier alpha value is -1.10. The average Bonchev–Trinajstić information content (AvgIpc) is 2.04. The lowest BCUT2D eigenvalue weighted by Crippen LogP contribution is -2.49. The first kappa shape index (κ1) is 8.99. The van der Waals surface area contributed by atoms with E-state index in [9.17, 15) is 9.59 Å². The van der Waals surface area contributed by atoms with Crippen LogP contribution in [0.2, 0.25) is 0 Å². The quantitative estimate of drug-likeness (QED) is 0.525. The van der Waals surface area contributed by atoms with Gasteiger partial charge in [-0.05, 0) is 19.4 Å². The van der Waals surface area contributed by atoms with Gasteiger partial charge in [0.15, 0.2) is 0 Å². The van der Waals surface area contributed by atoms with Crippen LogP contribution in [0.1, 0.15) is 12.8 Å². The summed E-state index contributed by atoms with van der Waals surface area (Å²) < 4.78 is 0. The van der Waals surface area contributed by atoms with Crippen molar-refractivity contribution in [3.63, 3.8) is 0 Å². The molecular formula is C7H11NO4. The Bertz CT molecular complexity index is 182. The number of aliphatic carboxylic acids is 2. The Morgan fingerprint density at radius 1 is 1.25 bits per heavy atom. The highest BCUT2D eigenvalue weighted by atomic mass is 16.4. The molecule has 5 heteroatoms. The molecule has 68 valence electrons. The van der Waals surface area contributed by atoms with Gasteiger partial charge in [-0.3, -0.25) is 9.59 Å². The van der Waals surface area contributed by atoms with Gasteiger partial charge in [0, 0.05) is 0 Å². The van der Waals surface area contributed by atoms with Crippen molar-refractivity contribution >= 4 is 11.9 Å². The summed E-state index contributed by atoms with van der Waals surface area (Å²) in [6.07, 6.45) is 1.17. The van der Waals surface area contributed by atoms with Crippen molar-refractivity contribution in [1.29, 1.82) is 0 Å². The van der Waals surface area contributed by atoms with Crippen molar-refractivity contribution in [3.05, 3.63) is 0 Å². The number of hydrogen-bond acceptors (Lipinski definition) is 3. The number of carboxylic acid groups (broad SMARTS) is 2. The van der Waals surface area contributed by atoms with Crippen LogP contribution in [0.15, 0.2) is 0 Å². The number of piperidine rings is 1. The molecule has 0 aromatic carbocycles. The van der Waals surface area contributed by atoms with Crippen molar-refractivity contribution in [2.75, 3.05) is 6.54 Å². The molecule has 1 fully saturated rings. The van der Waals surface area contributed by atoms with Gasteiger partial charge in [0.2, 0.25) is 0 Å². The number of hydrogen-bond donors (Lipinski definition) is 3. The standard InChI is InChI=1S/C7H11NO4/c9-6(10)4-2-1-3-8-5(4)7(11)12/h4-5,8H,1-3H2,(H,9,10)(H,11,12)/t4-,5+/m0/s1. The van der Waals surface area contributed by atoms with E-state index in [1.807, 2.05) is 0 Å². The first-order valence-corrected chi connectivity index (χ1v) is 3.82. The molecule has 1 rings (SSSR count). The Labute approximate surface area is 69.4 Å². The van der Waals surface area contributed by atoms with E-state index in [1.165, 1.54) is 0 Å². The van der Waals surface area contributed by atoms with Crippen LogP contribution < -0.4 is 5.32 Å². The molecule has 0 aliphatic carbocycles. The Morgan fingerprint density at radius 2 is 1.92 bits per heavy atom. The highest BCUT2D eigenvalue weighted by Crippen LogP contribution is 2.16. The van der Waals surface area contributed by atoms with Gasteiger partial charge in [0.05, 0.1) is 5.92 Å². The van der Waals surface area contributed by atoms with Crippen molar-refractivity contribution in [3.8, 4) is 0 Å². The molecule has 0 bridgehead atoms. The number of nitrogens with one attached hydrogen (secondary N) is 1. The fourth-order valence-electron chi connectivity index (χ4n) is 1.41. The maximum absolute atomic E-state index is 10.6. The monoisotopic (exact) mass is 173 g/mol. The van der Waals surface area contributed by atoms with Crippen molar-refractivity contribution in [2.45, 2.75) is 18.9 Å². The summed E-state index contributed by atoms with van der Waals surface area (Å²) in [6.45, 7) is 0.584. The van der Waals surface area contributed by atoms with E-state index in [2.05, 4.69) is 5.32 Å². The van der Waals surface area contributed by atoms with Crippen molar-refractivity contribution < 1.29 is 19.8 Å². The molecule has 0 unspecified atom stereocenters. The molecule has 1 saturated heterocycles. The number of carbonyl (C=O) groups is 2. The van der Waals surface area contributed by atoms with E-state index in [0.29, 0.717) is 13.0 Å². The minimum absolute atomic E-state index is 0.444. The summed E-state index contributed by atoms with van der Waals surface area (Å²) >= 11 is 0. The molecule has 0 saturated carbocycles. The number of rotatable bonds is 2. The third kappa shape index (κ3) is 1.73. The minimum atomic E-state index is -1.08. The van der Waals surface area contributed by atoms with Gasteiger partial charge in [-0.15, -0.1) is 0 Å². The second-order valence-electron chi connectivity index (χ2n) is 2.86. The molecule has 0 radical (unpaired) electrons. The largest absolute Gasteiger partial charge is 0.481 e. The lowest BCUT2D eigenvalue weighted by molar-refractivity contribution is -0.152. The maximum Gasteiger partial charge on any atom is 0.321 e. The molecule has 12 heavy (non-hydrogen) atoms. The van der Waals surface area contributed by atoms with Crippen molar-refractivity contribution in [2.24, 2.45) is 5.92 Å². The fraction of sp³-hybridized carbons (Fsp3) is 0.714. The van der Waals surface area contributed by atoms with E-state index in [-0.39, 0.29) is 0 Å². The molecule has 0 aromatic heterocycles. The zero-order valence-electron chi connectivity index (χ0n) is 6.49. The molecular weight excluding hydrogens is 162 g/mol. The Kier molecular flexibility index (Phi) is 2.65. The minimum Gasteiger partial charge on any atom is -0.481 e. The first-order chi connectivity index (χ1) is 5.63. The zero-order valence-corrected chi connectivity index (χ0v) is 6.49. The summed E-state index contributed by atoms with van der Waals surface area (Å²) in [7, 11) is 0. The lowest BCUT2D eigenvalue weighted by Gasteiger charge is -2.26. The summed E-state index contributed by atoms with van der Waals surface area (Å²) in [6, 6.07) is -0.920. The highest BCUT2D eigenvalue weighted by Gasteiger charge is 2.35. The average molecular weight is 173 g/mol. The van der Waals surface area contributed by atoms with Gasteiger partial charge in [-0.2, -0.15) is 0 Å². The van der Waals surface area contributed by atoms with Crippen LogP contribution in [0.3, 0.4) is 0 Å². The lowest BCUT2D eigenvalue weighted by atomic mass is 9.91. The van der Waals surface area contributed by atoms with Crippen LogP contribution in [-0.2, 0) is 9.59 Å². The first-order valence-electron chi connectivity index (χ1n) is 3.82. The van der Waals surface area contributed by atoms with Crippen LogP contribution in [0.4, 0.5) is 0 Å². The van der Waals surface area contributed by atoms with E-state index in [4.69, 9.17) is 10.2 Å².